The fourth-order valence-corrected chi connectivity index (χ4v) is 1.23. The topological polar surface area (TPSA) is 47.8 Å². The second-order valence-corrected chi connectivity index (χ2v) is 2.97. The van der Waals surface area contributed by atoms with Crippen LogP contribution in [0, 0.1) is 6.92 Å². The highest BCUT2D eigenvalue weighted by Crippen LogP contribution is 2.07. The van der Waals surface area contributed by atoms with Crippen molar-refractivity contribution in [1.29, 1.82) is 0 Å². The molecule has 0 saturated heterocycles. The molecular weight excluding hydrogens is 166 g/mol. The van der Waals surface area contributed by atoms with Crippen LogP contribution < -0.4 is 5.69 Å². The van der Waals surface area contributed by atoms with Crippen molar-refractivity contribution in [3.63, 3.8) is 0 Å². The van der Waals surface area contributed by atoms with Gasteiger partial charge in [0.05, 0.1) is 0 Å². The van der Waals surface area contributed by atoms with E-state index in [1.807, 2.05) is 19.1 Å². The molecule has 0 atom stereocenters. The van der Waals surface area contributed by atoms with Crippen LogP contribution in [0.25, 0.3) is 11.0 Å². The Labute approximate surface area is 74.9 Å². The third-order valence-electron chi connectivity index (χ3n) is 1.96. The first-order chi connectivity index (χ1) is 6.18. The summed E-state index contributed by atoms with van der Waals surface area (Å²) in [7, 11) is 1.67. The third kappa shape index (κ3) is 1.20. The van der Waals surface area contributed by atoms with E-state index in [-0.39, 0.29) is 5.69 Å². The van der Waals surface area contributed by atoms with Crippen LogP contribution in [0.1, 0.15) is 5.69 Å². The first-order valence-electron chi connectivity index (χ1n) is 3.98. The first kappa shape index (κ1) is 7.91. The molecular formula is C9H9N3O. The average molecular weight is 175 g/mol. The Hall–Kier alpha value is -1.71. The van der Waals surface area contributed by atoms with Gasteiger partial charge in [0.1, 0.15) is 5.65 Å². The molecule has 2 aromatic heterocycles. The highest BCUT2D eigenvalue weighted by molar-refractivity contribution is 5.73. The molecule has 66 valence electrons. The minimum Gasteiger partial charge on any atom is -0.279 e. The molecule has 4 nitrogen and oxygen atoms in total. The van der Waals surface area contributed by atoms with Gasteiger partial charge in [0.15, 0.2) is 0 Å². The van der Waals surface area contributed by atoms with Gasteiger partial charge in [-0.3, -0.25) is 4.57 Å². The van der Waals surface area contributed by atoms with E-state index in [1.165, 1.54) is 4.57 Å². The van der Waals surface area contributed by atoms with Crippen molar-refractivity contribution in [3.8, 4) is 0 Å². The normalized spacial score (nSPS) is 10.6. The molecule has 2 aromatic rings. The summed E-state index contributed by atoms with van der Waals surface area (Å²) >= 11 is 0. The van der Waals surface area contributed by atoms with Gasteiger partial charge in [-0.2, -0.15) is 0 Å². The molecule has 0 N–H and O–H groups in total. The van der Waals surface area contributed by atoms with Crippen molar-refractivity contribution in [1.82, 2.24) is 14.5 Å². The SMILES string of the molecule is Cc1ccc2cnc(=O)n(C)c2n1. The van der Waals surface area contributed by atoms with Crippen LogP contribution in [0.4, 0.5) is 0 Å². The molecule has 0 radical (unpaired) electrons. The van der Waals surface area contributed by atoms with Gasteiger partial charge in [0.2, 0.25) is 0 Å². The molecule has 0 fully saturated rings. The zero-order valence-electron chi connectivity index (χ0n) is 7.48. The summed E-state index contributed by atoms with van der Waals surface area (Å²) in [6, 6.07) is 3.80. The molecule has 13 heavy (non-hydrogen) atoms. The van der Waals surface area contributed by atoms with Gasteiger partial charge in [-0.1, -0.05) is 0 Å². The Kier molecular flexibility index (Phi) is 1.62. The van der Waals surface area contributed by atoms with E-state index in [0.29, 0.717) is 5.65 Å². The first-order valence-corrected chi connectivity index (χ1v) is 3.98. The summed E-state index contributed by atoms with van der Waals surface area (Å²) in [6.07, 6.45) is 1.55. The maximum Gasteiger partial charge on any atom is 0.348 e. The second kappa shape index (κ2) is 2.65. The summed E-state index contributed by atoms with van der Waals surface area (Å²) in [5, 5.41) is 0.882. The minimum atomic E-state index is -0.273. The van der Waals surface area contributed by atoms with Crippen LogP contribution >= 0.6 is 0 Å². The molecule has 0 amide bonds. The molecule has 0 spiro atoms. The number of rotatable bonds is 0. The van der Waals surface area contributed by atoms with Crippen LogP contribution in [-0.4, -0.2) is 14.5 Å². The van der Waals surface area contributed by atoms with Crippen molar-refractivity contribution in [2.24, 2.45) is 7.05 Å². The summed E-state index contributed by atoms with van der Waals surface area (Å²) in [6.45, 7) is 1.89. The van der Waals surface area contributed by atoms with E-state index in [1.54, 1.807) is 13.2 Å². The molecule has 0 aromatic carbocycles. The van der Waals surface area contributed by atoms with Gasteiger partial charge in [0, 0.05) is 24.3 Å². The summed E-state index contributed by atoms with van der Waals surface area (Å²) in [5.41, 5.74) is 1.30. The molecule has 0 unspecified atom stereocenters. The maximum absolute atomic E-state index is 11.2. The smallest absolute Gasteiger partial charge is 0.279 e. The van der Waals surface area contributed by atoms with E-state index >= 15 is 0 Å². The fraction of sp³-hybridized carbons (Fsp3) is 0.222. The van der Waals surface area contributed by atoms with Crippen molar-refractivity contribution < 1.29 is 0 Å². The van der Waals surface area contributed by atoms with Crippen LogP contribution in [-0.2, 0) is 7.05 Å². The lowest BCUT2D eigenvalue weighted by atomic mass is 10.3. The minimum absolute atomic E-state index is 0.273. The fourth-order valence-electron chi connectivity index (χ4n) is 1.23. The number of hydrogen-bond donors (Lipinski definition) is 0. The number of fused-ring (bicyclic) bond motifs is 1. The molecule has 2 rings (SSSR count). The lowest BCUT2D eigenvalue weighted by Gasteiger charge is -2.02. The molecule has 0 aliphatic carbocycles. The summed E-state index contributed by atoms with van der Waals surface area (Å²) in [4.78, 5) is 19.1. The van der Waals surface area contributed by atoms with E-state index in [4.69, 9.17) is 0 Å². The van der Waals surface area contributed by atoms with Crippen molar-refractivity contribution in [2.75, 3.05) is 0 Å². The average Bonchev–Trinajstić information content (AvgIpc) is 2.12. The quantitative estimate of drug-likeness (QED) is 0.590. The van der Waals surface area contributed by atoms with E-state index in [0.717, 1.165) is 11.1 Å². The Balaban J connectivity index is 2.97. The molecule has 0 bridgehead atoms. The second-order valence-electron chi connectivity index (χ2n) is 2.97. The zero-order chi connectivity index (χ0) is 9.42. The zero-order valence-corrected chi connectivity index (χ0v) is 7.48. The molecule has 4 heteroatoms. The van der Waals surface area contributed by atoms with Gasteiger partial charge < -0.3 is 0 Å². The van der Waals surface area contributed by atoms with Gasteiger partial charge in [0.25, 0.3) is 0 Å². The number of aromatic nitrogens is 3. The van der Waals surface area contributed by atoms with Gasteiger partial charge >= 0.3 is 5.69 Å². The molecule has 0 aliphatic heterocycles. The van der Waals surface area contributed by atoms with E-state index in [9.17, 15) is 4.79 Å². The third-order valence-corrected chi connectivity index (χ3v) is 1.96. The molecule has 2 heterocycles. The van der Waals surface area contributed by atoms with Crippen molar-refractivity contribution in [2.45, 2.75) is 6.92 Å². The van der Waals surface area contributed by atoms with Crippen molar-refractivity contribution >= 4 is 11.0 Å². The number of nitrogens with zero attached hydrogens (tertiary/aromatic N) is 3. The maximum atomic E-state index is 11.2. The van der Waals surface area contributed by atoms with Gasteiger partial charge in [-0.25, -0.2) is 14.8 Å². The molecule has 0 aliphatic rings. The van der Waals surface area contributed by atoms with Crippen molar-refractivity contribution in [3.05, 3.63) is 34.5 Å². The van der Waals surface area contributed by atoms with Crippen LogP contribution in [0.2, 0.25) is 0 Å². The summed E-state index contributed by atoms with van der Waals surface area (Å²) < 4.78 is 1.45. The lowest BCUT2D eigenvalue weighted by Crippen LogP contribution is -2.20. The van der Waals surface area contributed by atoms with E-state index in [2.05, 4.69) is 9.97 Å². The van der Waals surface area contributed by atoms with E-state index < -0.39 is 0 Å². The Morgan fingerprint density at radius 3 is 2.92 bits per heavy atom. The number of pyridine rings is 1. The largest absolute Gasteiger partial charge is 0.348 e. The Bertz CT molecular complexity index is 516. The number of aryl methyl sites for hydroxylation is 2. The molecule has 0 saturated carbocycles. The highest BCUT2D eigenvalue weighted by Gasteiger charge is 2.00. The predicted octanol–water partition coefficient (Wildman–Crippen LogP) is 0.637. The highest BCUT2D eigenvalue weighted by atomic mass is 16.1. The van der Waals surface area contributed by atoms with Crippen LogP contribution in [0.3, 0.4) is 0 Å². The number of hydrogen-bond acceptors (Lipinski definition) is 3. The monoisotopic (exact) mass is 175 g/mol. The van der Waals surface area contributed by atoms with Crippen LogP contribution in [0.5, 0.6) is 0 Å². The standard InChI is InChI=1S/C9H9N3O/c1-6-3-4-7-5-10-9(13)12(2)8(7)11-6/h3-5H,1-2H3. The van der Waals surface area contributed by atoms with Gasteiger partial charge in [-0.15, -0.1) is 0 Å². The van der Waals surface area contributed by atoms with Gasteiger partial charge in [-0.05, 0) is 19.1 Å². The lowest BCUT2D eigenvalue weighted by molar-refractivity contribution is 0.835. The summed E-state index contributed by atoms with van der Waals surface area (Å²) in [5.74, 6) is 0. The van der Waals surface area contributed by atoms with Crippen LogP contribution in [0.15, 0.2) is 23.1 Å². The predicted molar refractivity (Wildman–Crippen MR) is 49.5 cm³/mol. The Morgan fingerprint density at radius 1 is 1.38 bits per heavy atom. The Morgan fingerprint density at radius 2 is 2.15 bits per heavy atom.